The Balaban J connectivity index is 3.08. The van der Waals surface area contributed by atoms with E-state index >= 15 is 0 Å². The maximum atomic E-state index is 11.5. The van der Waals surface area contributed by atoms with Crippen molar-refractivity contribution >= 4 is 40.2 Å². The number of carbonyl (C=O) groups is 1. The van der Waals surface area contributed by atoms with Gasteiger partial charge in [-0.3, -0.25) is 0 Å². The van der Waals surface area contributed by atoms with Gasteiger partial charge in [0.05, 0.1) is 27.4 Å². The summed E-state index contributed by atoms with van der Waals surface area (Å²) in [6, 6.07) is 3.24. The molecule has 0 aliphatic heterocycles. The van der Waals surface area contributed by atoms with E-state index in [9.17, 15) is 4.79 Å². The lowest BCUT2D eigenvalue weighted by Gasteiger charge is -2.09. The Morgan fingerprint density at radius 3 is 2.62 bits per heavy atom. The van der Waals surface area contributed by atoms with Crippen molar-refractivity contribution in [1.82, 2.24) is 0 Å². The van der Waals surface area contributed by atoms with Gasteiger partial charge in [-0.1, -0.05) is 11.6 Å². The highest BCUT2D eigenvalue weighted by Gasteiger charge is 2.13. The molecule has 0 radical (unpaired) electrons. The minimum Gasteiger partial charge on any atom is -0.493 e. The third-order valence-electron chi connectivity index (χ3n) is 1.81. The summed E-state index contributed by atoms with van der Waals surface area (Å²) in [5.41, 5.74) is 0.413. The molecule has 0 heterocycles. The minimum atomic E-state index is -0.387. The lowest BCUT2D eigenvalue weighted by atomic mass is 10.2. The van der Waals surface area contributed by atoms with E-state index < -0.39 is 0 Å². The number of hydrogen-bond donors (Lipinski definition) is 0. The van der Waals surface area contributed by atoms with Crippen molar-refractivity contribution in [2.24, 2.45) is 0 Å². The fourth-order valence-electron chi connectivity index (χ4n) is 1.16. The maximum absolute atomic E-state index is 11.5. The van der Waals surface area contributed by atoms with Gasteiger partial charge < -0.3 is 9.47 Å². The van der Waals surface area contributed by atoms with Crippen LogP contribution in [-0.4, -0.2) is 19.2 Å². The molecular weight excluding hydrogens is 342 g/mol. The van der Waals surface area contributed by atoms with E-state index in [4.69, 9.17) is 21.1 Å². The van der Waals surface area contributed by atoms with Gasteiger partial charge in [-0.15, -0.1) is 0 Å². The number of rotatable bonds is 4. The average Bonchev–Trinajstić information content (AvgIpc) is 2.25. The van der Waals surface area contributed by atoms with Crippen molar-refractivity contribution in [1.29, 1.82) is 0 Å². The Morgan fingerprint density at radius 2 is 2.06 bits per heavy atom. The second-order valence-corrected chi connectivity index (χ2v) is 4.41. The summed E-state index contributed by atoms with van der Waals surface area (Å²) in [7, 11) is 0. The van der Waals surface area contributed by atoms with Crippen LogP contribution in [0, 0.1) is 3.57 Å². The van der Waals surface area contributed by atoms with Crippen LogP contribution in [0.2, 0.25) is 5.02 Å². The van der Waals surface area contributed by atoms with Gasteiger partial charge >= 0.3 is 5.97 Å². The van der Waals surface area contributed by atoms with E-state index in [1.165, 1.54) is 0 Å². The van der Waals surface area contributed by atoms with Gasteiger partial charge in [0, 0.05) is 0 Å². The van der Waals surface area contributed by atoms with Gasteiger partial charge in [0.2, 0.25) is 0 Å². The molecule has 1 rings (SSSR count). The zero-order valence-electron chi connectivity index (χ0n) is 9.05. The number of hydrogen-bond acceptors (Lipinski definition) is 3. The van der Waals surface area contributed by atoms with Crippen molar-refractivity contribution in [2.45, 2.75) is 13.8 Å². The lowest BCUT2D eigenvalue weighted by Crippen LogP contribution is -2.06. The number of halogens is 2. The van der Waals surface area contributed by atoms with Crippen LogP contribution in [0.5, 0.6) is 5.75 Å². The smallest absolute Gasteiger partial charge is 0.338 e. The van der Waals surface area contributed by atoms with Gasteiger partial charge in [-0.05, 0) is 48.6 Å². The van der Waals surface area contributed by atoms with Crippen LogP contribution >= 0.6 is 34.2 Å². The van der Waals surface area contributed by atoms with E-state index in [1.54, 1.807) is 19.1 Å². The summed E-state index contributed by atoms with van der Waals surface area (Å²) < 4.78 is 11.1. The molecule has 16 heavy (non-hydrogen) atoms. The molecule has 0 N–H and O–H groups in total. The average molecular weight is 355 g/mol. The van der Waals surface area contributed by atoms with Crippen molar-refractivity contribution in [2.75, 3.05) is 13.2 Å². The number of esters is 1. The molecule has 0 aliphatic rings. The van der Waals surface area contributed by atoms with Crippen LogP contribution in [-0.2, 0) is 4.74 Å². The third kappa shape index (κ3) is 3.25. The van der Waals surface area contributed by atoms with Crippen LogP contribution in [0.4, 0.5) is 0 Å². The van der Waals surface area contributed by atoms with Crippen LogP contribution in [0.1, 0.15) is 24.2 Å². The predicted octanol–water partition coefficient (Wildman–Crippen LogP) is 3.52. The van der Waals surface area contributed by atoms with Gasteiger partial charge in [-0.2, -0.15) is 0 Å². The fraction of sp³-hybridized carbons (Fsp3) is 0.364. The van der Waals surface area contributed by atoms with Crippen LogP contribution in [0.15, 0.2) is 12.1 Å². The van der Waals surface area contributed by atoms with E-state index in [0.717, 1.165) is 3.57 Å². The Morgan fingerprint density at radius 1 is 1.38 bits per heavy atom. The highest BCUT2D eigenvalue weighted by molar-refractivity contribution is 14.1. The van der Waals surface area contributed by atoms with Crippen LogP contribution < -0.4 is 4.74 Å². The normalized spacial score (nSPS) is 10.0. The Bertz CT molecular complexity index is 393. The topological polar surface area (TPSA) is 35.5 Å². The molecule has 0 unspecified atom stereocenters. The van der Waals surface area contributed by atoms with Gasteiger partial charge in [0.1, 0.15) is 5.75 Å². The molecule has 1 aromatic carbocycles. The monoisotopic (exact) mass is 354 g/mol. The van der Waals surface area contributed by atoms with Crippen LogP contribution in [0.25, 0.3) is 0 Å². The molecule has 5 heteroatoms. The SMILES string of the molecule is CCOC(=O)c1cc(Cl)c(I)c(OCC)c1. The van der Waals surface area contributed by atoms with Crippen molar-refractivity contribution in [3.63, 3.8) is 0 Å². The molecule has 0 aromatic heterocycles. The summed E-state index contributed by atoms with van der Waals surface area (Å²) >= 11 is 8.08. The summed E-state index contributed by atoms with van der Waals surface area (Å²) in [6.45, 7) is 4.50. The Labute approximate surface area is 113 Å². The van der Waals surface area contributed by atoms with E-state index in [0.29, 0.717) is 29.5 Å². The fourth-order valence-corrected chi connectivity index (χ4v) is 1.83. The van der Waals surface area contributed by atoms with E-state index in [1.807, 2.05) is 6.92 Å². The van der Waals surface area contributed by atoms with E-state index in [2.05, 4.69) is 22.6 Å². The molecule has 0 amide bonds. The Kier molecular flexibility index (Phi) is 5.34. The molecule has 88 valence electrons. The highest BCUT2D eigenvalue weighted by Crippen LogP contribution is 2.30. The number of benzene rings is 1. The largest absolute Gasteiger partial charge is 0.493 e. The molecule has 1 aromatic rings. The molecule has 0 atom stereocenters. The first-order valence-corrected chi connectivity index (χ1v) is 6.34. The maximum Gasteiger partial charge on any atom is 0.338 e. The molecule has 0 spiro atoms. The zero-order valence-corrected chi connectivity index (χ0v) is 12.0. The number of carbonyl (C=O) groups excluding carboxylic acids is 1. The Hall–Kier alpha value is -0.490. The van der Waals surface area contributed by atoms with Crippen molar-refractivity contribution in [3.8, 4) is 5.75 Å². The van der Waals surface area contributed by atoms with Gasteiger partial charge in [0.15, 0.2) is 0 Å². The molecule has 0 aliphatic carbocycles. The summed E-state index contributed by atoms with van der Waals surface area (Å²) in [6.07, 6.45) is 0. The highest BCUT2D eigenvalue weighted by atomic mass is 127. The van der Waals surface area contributed by atoms with E-state index in [-0.39, 0.29) is 5.97 Å². The standard InChI is InChI=1S/C11H12ClIO3/c1-3-15-9-6-7(11(14)16-4-2)5-8(12)10(9)13/h5-6H,3-4H2,1-2H3. The third-order valence-corrected chi connectivity index (χ3v) is 3.54. The van der Waals surface area contributed by atoms with Crippen LogP contribution in [0.3, 0.4) is 0 Å². The molecule has 0 saturated carbocycles. The van der Waals surface area contributed by atoms with Gasteiger partial charge in [0.25, 0.3) is 0 Å². The summed E-state index contributed by atoms with van der Waals surface area (Å²) in [5.74, 6) is 0.223. The second kappa shape index (κ2) is 6.30. The molecular formula is C11H12ClIO3. The second-order valence-electron chi connectivity index (χ2n) is 2.92. The quantitative estimate of drug-likeness (QED) is 0.613. The summed E-state index contributed by atoms with van der Waals surface area (Å²) in [5, 5.41) is 0.495. The first kappa shape index (κ1) is 13.6. The van der Waals surface area contributed by atoms with Gasteiger partial charge in [-0.25, -0.2) is 4.79 Å². The molecule has 3 nitrogen and oxygen atoms in total. The van der Waals surface area contributed by atoms with Crippen molar-refractivity contribution in [3.05, 3.63) is 26.3 Å². The lowest BCUT2D eigenvalue weighted by molar-refractivity contribution is 0.0526. The first-order chi connectivity index (χ1) is 7.60. The predicted molar refractivity (Wildman–Crippen MR) is 71.3 cm³/mol. The van der Waals surface area contributed by atoms with Crippen molar-refractivity contribution < 1.29 is 14.3 Å². The minimum absolute atomic E-state index is 0.340. The number of ether oxygens (including phenoxy) is 2. The first-order valence-electron chi connectivity index (χ1n) is 4.89. The molecule has 0 fully saturated rings. The molecule has 0 bridgehead atoms. The zero-order chi connectivity index (χ0) is 12.1. The molecule has 0 saturated heterocycles. The summed E-state index contributed by atoms with van der Waals surface area (Å²) in [4.78, 5) is 11.5.